The van der Waals surface area contributed by atoms with Crippen molar-refractivity contribution in [3.05, 3.63) is 0 Å². The predicted octanol–water partition coefficient (Wildman–Crippen LogP) is 1.06. The van der Waals surface area contributed by atoms with E-state index in [0.717, 1.165) is 19.3 Å². The zero-order valence-corrected chi connectivity index (χ0v) is 12.1. The van der Waals surface area contributed by atoms with Crippen LogP contribution in [0.2, 0.25) is 0 Å². The maximum atomic E-state index is 11.9. The molecule has 2 N–H and O–H groups in total. The molecule has 2 fully saturated rings. The van der Waals surface area contributed by atoms with Gasteiger partial charge < -0.3 is 15.3 Å². The molecule has 1 atom stereocenters. The average Bonchev–Trinajstić information content (AvgIpc) is 2.95. The standard InChI is InChI=1S/C15H26N2O3/c18-13-6-3-9-17(11-13)15(20)10-16-14(19)8-7-12-4-1-2-5-12/h12-13,18H,1-11H2,(H,16,19). The number of β-amino-alcohol motifs (C(OH)–C–C–N with tert-alkyl or cyclic N) is 1. The van der Waals surface area contributed by atoms with Crippen LogP contribution in [0.4, 0.5) is 0 Å². The highest BCUT2D eigenvalue weighted by Gasteiger charge is 2.22. The zero-order chi connectivity index (χ0) is 14.4. The van der Waals surface area contributed by atoms with E-state index in [-0.39, 0.29) is 18.4 Å². The zero-order valence-electron chi connectivity index (χ0n) is 12.1. The minimum Gasteiger partial charge on any atom is -0.391 e. The first-order chi connectivity index (χ1) is 9.65. The van der Waals surface area contributed by atoms with Crippen LogP contribution in [-0.4, -0.2) is 47.6 Å². The lowest BCUT2D eigenvalue weighted by molar-refractivity contribution is -0.135. The van der Waals surface area contributed by atoms with Crippen LogP contribution in [0, 0.1) is 5.92 Å². The molecule has 1 saturated carbocycles. The fourth-order valence-corrected chi connectivity index (χ4v) is 3.19. The molecule has 0 aromatic heterocycles. The number of hydrogen-bond donors (Lipinski definition) is 2. The highest BCUT2D eigenvalue weighted by molar-refractivity contribution is 5.84. The van der Waals surface area contributed by atoms with Crippen LogP contribution in [0.15, 0.2) is 0 Å². The predicted molar refractivity (Wildman–Crippen MR) is 76.0 cm³/mol. The first-order valence-corrected chi connectivity index (χ1v) is 7.87. The van der Waals surface area contributed by atoms with Crippen LogP contribution in [0.25, 0.3) is 0 Å². The summed E-state index contributed by atoms with van der Waals surface area (Å²) >= 11 is 0. The summed E-state index contributed by atoms with van der Waals surface area (Å²) in [5.74, 6) is 0.592. The minimum atomic E-state index is -0.411. The summed E-state index contributed by atoms with van der Waals surface area (Å²) in [6, 6.07) is 0. The number of nitrogens with zero attached hydrogens (tertiary/aromatic N) is 1. The van der Waals surface area contributed by atoms with Gasteiger partial charge in [0.2, 0.25) is 11.8 Å². The van der Waals surface area contributed by atoms with Crippen molar-refractivity contribution in [2.75, 3.05) is 19.6 Å². The Morgan fingerprint density at radius 3 is 2.60 bits per heavy atom. The number of piperidine rings is 1. The molecule has 2 amide bonds. The molecular weight excluding hydrogens is 256 g/mol. The summed E-state index contributed by atoms with van der Waals surface area (Å²) < 4.78 is 0. The van der Waals surface area contributed by atoms with E-state index in [2.05, 4.69) is 5.32 Å². The molecule has 114 valence electrons. The fourth-order valence-electron chi connectivity index (χ4n) is 3.19. The molecule has 0 spiro atoms. The van der Waals surface area contributed by atoms with E-state index in [1.807, 2.05) is 0 Å². The summed E-state index contributed by atoms with van der Waals surface area (Å²) in [6.07, 6.45) is 7.74. The third-order valence-corrected chi connectivity index (χ3v) is 4.44. The van der Waals surface area contributed by atoms with Crippen molar-refractivity contribution in [1.29, 1.82) is 0 Å². The Kier molecular flexibility index (Phi) is 5.83. The number of aliphatic hydroxyl groups excluding tert-OH is 1. The highest BCUT2D eigenvalue weighted by atomic mass is 16.3. The van der Waals surface area contributed by atoms with E-state index in [1.165, 1.54) is 25.7 Å². The van der Waals surface area contributed by atoms with Crippen molar-refractivity contribution in [2.24, 2.45) is 5.92 Å². The smallest absolute Gasteiger partial charge is 0.242 e. The lowest BCUT2D eigenvalue weighted by Crippen LogP contribution is -2.46. The minimum absolute atomic E-state index is 0.0252. The number of likely N-dealkylation sites (tertiary alicyclic amines) is 1. The summed E-state index contributed by atoms with van der Waals surface area (Å²) in [5.41, 5.74) is 0. The maximum Gasteiger partial charge on any atom is 0.242 e. The summed E-state index contributed by atoms with van der Waals surface area (Å²) in [7, 11) is 0. The van der Waals surface area contributed by atoms with Gasteiger partial charge in [-0.05, 0) is 25.2 Å². The van der Waals surface area contributed by atoms with Crippen molar-refractivity contribution in [3.63, 3.8) is 0 Å². The molecule has 0 bridgehead atoms. The lowest BCUT2D eigenvalue weighted by Gasteiger charge is -2.30. The summed E-state index contributed by atoms with van der Waals surface area (Å²) in [4.78, 5) is 25.3. The second-order valence-corrected chi connectivity index (χ2v) is 6.10. The van der Waals surface area contributed by atoms with Gasteiger partial charge in [0.25, 0.3) is 0 Å². The van der Waals surface area contributed by atoms with Crippen LogP contribution in [-0.2, 0) is 9.59 Å². The summed E-state index contributed by atoms with van der Waals surface area (Å²) in [6.45, 7) is 1.15. The van der Waals surface area contributed by atoms with Gasteiger partial charge in [-0.15, -0.1) is 0 Å². The van der Waals surface area contributed by atoms with E-state index in [1.54, 1.807) is 4.90 Å². The topological polar surface area (TPSA) is 69.6 Å². The molecule has 2 aliphatic rings. The molecule has 2 rings (SSSR count). The molecule has 5 heteroatoms. The molecule has 1 aliphatic carbocycles. The van der Waals surface area contributed by atoms with Gasteiger partial charge in [0.05, 0.1) is 12.6 Å². The number of nitrogens with one attached hydrogen (secondary N) is 1. The van der Waals surface area contributed by atoms with Gasteiger partial charge in [0, 0.05) is 19.5 Å². The van der Waals surface area contributed by atoms with E-state index in [9.17, 15) is 14.7 Å². The van der Waals surface area contributed by atoms with Crippen molar-refractivity contribution < 1.29 is 14.7 Å². The average molecular weight is 282 g/mol. The van der Waals surface area contributed by atoms with Crippen LogP contribution < -0.4 is 5.32 Å². The van der Waals surface area contributed by atoms with Crippen LogP contribution in [0.3, 0.4) is 0 Å². The molecule has 1 unspecified atom stereocenters. The Balaban J connectivity index is 1.60. The molecule has 0 aromatic carbocycles. The molecular formula is C15H26N2O3. The lowest BCUT2D eigenvalue weighted by atomic mass is 10.0. The third kappa shape index (κ3) is 4.78. The quantitative estimate of drug-likeness (QED) is 0.792. The first-order valence-electron chi connectivity index (χ1n) is 7.87. The monoisotopic (exact) mass is 282 g/mol. The highest BCUT2D eigenvalue weighted by Crippen LogP contribution is 2.28. The van der Waals surface area contributed by atoms with Crippen molar-refractivity contribution in [2.45, 2.75) is 57.5 Å². The molecule has 1 heterocycles. The number of amides is 2. The van der Waals surface area contributed by atoms with Gasteiger partial charge >= 0.3 is 0 Å². The number of rotatable bonds is 5. The SMILES string of the molecule is O=C(CCC1CCCC1)NCC(=O)N1CCCC(O)C1. The van der Waals surface area contributed by atoms with E-state index < -0.39 is 6.10 Å². The van der Waals surface area contributed by atoms with Crippen LogP contribution >= 0.6 is 0 Å². The normalized spacial score (nSPS) is 23.9. The Morgan fingerprint density at radius 2 is 1.90 bits per heavy atom. The molecule has 1 saturated heterocycles. The third-order valence-electron chi connectivity index (χ3n) is 4.44. The van der Waals surface area contributed by atoms with Gasteiger partial charge in [-0.2, -0.15) is 0 Å². The van der Waals surface area contributed by atoms with Crippen molar-refractivity contribution >= 4 is 11.8 Å². The van der Waals surface area contributed by atoms with Gasteiger partial charge in [0.1, 0.15) is 0 Å². The first kappa shape index (κ1) is 15.3. The van der Waals surface area contributed by atoms with Gasteiger partial charge in [-0.25, -0.2) is 0 Å². The molecule has 20 heavy (non-hydrogen) atoms. The molecule has 5 nitrogen and oxygen atoms in total. The van der Waals surface area contributed by atoms with E-state index >= 15 is 0 Å². The maximum absolute atomic E-state index is 11.9. The fraction of sp³-hybridized carbons (Fsp3) is 0.867. The Labute approximate surface area is 120 Å². The number of carbonyl (C=O) groups is 2. The Bertz CT molecular complexity index is 340. The van der Waals surface area contributed by atoms with Gasteiger partial charge in [0.15, 0.2) is 0 Å². The second-order valence-electron chi connectivity index (χ2n) is 6.10. The number of carbonyl (C=O) groups excluding carboxylic acids is 2. The molecule has 0 aromatic rings. The van der Waals surface area contributed by atoms with E-state index in [0.29, 0.717) is 25.4 Å². The molecule has 0 radical (unpaired) electrons. The number of hydrogen-bond acceptors (Lipinski definition) is 3. The van der Waals surface area contributed by atoms with Gasteiger partial charge in [-0.3, -0.25) is 9.59 Å². The van der Waals surface area contributed by atoms with Crippen LogP contribution in [0.5, 0.6) is 0 Å². The van der Waals surface area contributed by atoms with Crippen molar-refractivity contribution in [1.82, 2.24) is 10.2 Å². The van der Waals surface area contributed by atoms with Crippen molar-refractivity contribution in [3.8, 4) is 0 Å². The van der Waals surface area contributed by atoms with Gasteiger partial charge in [-0.1, -0.05) is 25.7 Å². The molecule has 1 aliphatic heterocycles. The van der Waals surface area contributed by atoms with E-state index in [4.69, 9.17) is 0 Å². The second kappa shape index (κ2) is 7.62. The Morgan fingerprint density at radius 1 is 1.15 bits per heavy atom. The largest absolute Gasteiger partial charge is 0.391 e. The Hall–Kier alpha value is -1.10. The summed E-state index contributed by atoms with van der Waals surface area (Å²) in [5, 5.41) is 12.2. The van der Waals surface area contributed by atoms with Crippen LogP contribution in [0.1, 0.15) is 51.4 Å². The number of aliphatic hydroxyl groups is 1.